The summed E-state index contributed by atoms with van der Waals surface area (Å²) in [6, 6.07) is 6.15. The van der Waals surface area contributed by atoms with E-state index in [9.17, 15) is 5.11 Å². The molecule has 1 rings (SSSR count). The van der Waals surface area contributed by atoms with E-state index in [2.05, 4.69) is 34.2 Å². The standard InChI is InChI=1S/C12H18BrNO2S/c1-2-14-6-9-3-4-11(5-12(9)13)17-8-10(16)7-15/h3-5,10,14-16H,2,6-8H2,1H3. The maximum atomic E-state index is 9.27. The second kappa shape index (κ2) is 8.11. The highest BCUT2D eigenvalue weighted by molar-refractivity contribution is 9.10. The first-order valence-electron chi connectivity index (χ1n) is 5.58. The van der Waals surface area contributed by atoms with Crippen LogP contribution in [0.1, 0.15) is 12.5 Å². The summed E-state index contributed by atoms with van der Waals surface area (Å²) in [6.07, 6.45) is -0.653. The van der Waals surface area contributed by atoms with E-state index in [0.29, 0.717) is 5.75 Å². The largest absolute Gasteiger partial charge is 0.394 e. The molecule has 3 nitrogen and oxygen atoms in total. The first-order chi connectivity index (χ1) is 8.17. The number of hydrogen-bond acceptors (Lipinski definition) is 4. The Hall–Kier alpha value is -0.0700. The highest BCUT2D eigenvalue weighted by atomic mass is 79.9. The van der Waals surface area contributed by atoms with Gasteiger partial charge in [-0.1, -0.05) is 28.9 Å². The van der Waals surface area contributed by atoms with Crippen molar-refractivity contribution in [1.82, 2.24) is 5.32 Å². The molecule has 0 aromatic heterocycles. The minimum Gasteiger partial charge on any atom is -0.394 e. The molecule has 0 aliphatic heterocycles. The Balaban J connectivity index is 2.55. The Kier molecular flexibility index (Phi) is 7.15. The summed E-state index contributed by atoms with van der Waals surface area (Å²) in [5.74, 6) is 0.509. The van der Waals surface area contributed by atoms with E-state index >= 15 is 0 Å². The molecule has 17 heavy (non-hydrogen) atoms. The molecule has 0 saturated heterocycles. The zero-order valence-electron chi connectivity index (χ0n) is 9.82. The highest BCUT2D eigenvalue weighted by Gasteiger charge is 2.05. The van der Waals surface area contributed by atoms with Crippen LogP contribution in [-0.4, -0.2) is 35.2 Å². The first kappa shape index (κ1) is 15.0. The van der Waals surface area contributed by atoms with Gasteiger partial charge in [-0.2, -0.15) is 0 Å². The molecule has 0 radical (unpaired) electrons. The van der Waals surface area contributed by atoms with Gasteiger partial charge < -0.3 is 15.5 Å². The Morgan fingerprint density at radius 1 is 1.47 bits per heavy atom. The number of nitrogens with one attached hydrogen (secondary N) is 1. The van der Waals surface area contributed by atoms with E-state index in [1.807, 2.05) is 12.1 Å². The summed E-state index contributed by atoms with van der Waals surface area (Å²) < 4.78 is 1.07. The normalized spacial score (nSPS) is 12.7. The second-order valence-electron chi connectivity index (χ2n) is 3.68. The number of halogens is 1. The Bertz CT molecular complexity index is 349. The summed E-state index contributed by atoms with van der Waals surface area (Å²) in [4.78, 5) is 1.09. The molecule has 3 N–H and O–H groups in total. The van der Waals surface area contributed by atoms with E-state index in [1.165, 1.54) is 17.3 Å². The van der Waals surface area contributed by atoms with Crippen molar-refractivity contribution in [2.75, 3.05) is 18.9 Å². The van der Waals surface area contributed by atoms with E-state index in [-0.39, 0.29) is 6.61 Å². The molecular weight excluding hydrogens is 302 g/mol. The second-order valence-corrected chi connectivity index (χ2v) is 5.63. The molecule has 0 aliphatic rings. The van der Waals surface area contributed by atoms with Crippen molar-refractivity contribution in [3.8, 4) is 0 Å². The molecule has 96 valence electrons. The van der Waals surface area contributed by atoms with Crippen LogP contribution in [0.3, 0.4) is 0 Å². The predicted molar refractivity (Wildman–Crippen MR) is 75.3 cm³/mol. The third-order valence-electron chi connectivity index (χ3n) is 2.24. The van der Waals surface area contributed by atoms with Crippen molar-refractivity contribution < 1.29 is 10.2 Å². The molecule has 0 fully saturated rings. The van der Waals surface area contributed by atoms with Gasteiger partial charge in [-0.05, 0) is 24.2 Å². The maximum absolute atomic E-state index is 9.27. The van der Waals surface area contributed by atoms with Crippen molar-refractivity contribution in [1.29, 1.82) is 0 Å². The van der Waals surface area contributed by atoms with Gasteiger partial charge in [0.15, 0.2) is 0 Å². The predicted octanol–water partition coefficient (Wildman–Crippen LogP) is 2.00. The molecule has 1 aromatic rings. The fraction of sp³-hybridized carbons (Fsp3) is 0.500. The molecule has 0 saturated carbocycles. The lowest BCUT2D eigenvalue weighted by Gasteiger charge is -2.09. The van der Waals surface area contributed by atoms with Crippen LogP contribution in [-0.2, 0) is 6.54 Å². The molecule has 1 atom stereocenters. The lowest BCUT2D eigenvalue weighted by molar-refractivity contribution is 0.113. The van der Waals surface area contributed by atoms with Crippen molar-refractivity contribution in [3.05, 3.63) is 28.2 Å². The number of aliphatic hydroxyl groups is 2. The fourth-order valence-corrected chi connectivity index (χ4v) is 2.79. The first-order valence-corrected chi connectivity index (χ1v) is 7.36. The molecular formula is C12H18BrNO2S. The zero-order chi connectivity index (χ0) is 12.7. The van der Waals surface area contributed by atoms with Crippen LogP contribution >= 0.6 is 27.7 Å². The molecule has 1 aromatic carbocycles. The van der Waals surface area contributed by atoms with Crippen LogP contribution < -0.4 is 5.32 Å². The van der Waals surface area contributed by atoms with Gasteiger partial charge in [0.05, 0.1) is 12.7 Å². The third kappa shape index (κ3) is 5.40. The highest BCUT2D eigenvalue weighted by Crippen LogP contribution is 2.25. The average Bonchev–Trinajstić information content (AvgIpc) is 2.34. The molecule has 0 amide bonds. The summed E-state index contributed by atoms with van der Waals surface area (Å²) in [5.41, 5.74) is 1.22. The third-order valence-corrected chi connectivity index (χ3v) is 4.12. The van der Waals surface area contributed by atoms with Crippen LogP contribution in [0.15, 0.2) is 27.6 Å². The number of benzene rings is 1. The molecule has 0 heterocycles. The van der Waals surface area contributed by atoms with Gasteiger partial charge in [0.2, 0.25) is 0 Å². The zero-order valence-corrected chi connectivity index (χ0v) is 12.2. The van der Waals surface area contributed by atoms with E-state index in [4.69, 9.17) is 5.11 Å². The summed E-state index contributed by atoms with van der Waals surface area (Å²) in [6.45, 7) is 3.69. The Morgan fingerprint density at radius 3 is 2.82 bits per heavy atom. The molecule has 0 bridgehead atoms. The van der Waals surface area contributed by atoms with Crippen LogP contribution in [0.2, 0.25) is 0 Å². The van der Waals surface area contributed by atoms with E-state index in [1.54, 1.807) is 0 Å². The maximum Gasteiger partial charge on any atom is 0.0864 e. The van der Waals surface area contributed by atoms with Gasteiger partial charge >= 0.3 is 0 Å². The minimum absolute atomic E-state index is 0.188. The topological polar surface area (TPSA) is 52.5 Å². The van der Waals surface area contributed by atoms with Crippen LogP contribution in [0.4, 0.5) is 0 Å². The quantitative estimate of drug-likeness (QED) is 0.673. The smallest absolute Gasteiger partial charge is 0.0864 e. The number of rotatable bonds is 7. The Morgan fingerprint density at radius 2 is 2.24 bits per heavy atom. The molecule has 0 aliphatic carbocycles. The minimum atomic E-state index is -0.653. The van der Waals surface area contributed by atoms with Crippen molar-refractivity contribution in [2.45, 2.75) is 24.5 Å². The van der Waals surface area contributed by atoms with Crippen LogP contribution in [0.5, 0.6) is 0 Å². The van der Waals surface area contributed by atoms with Gasteiger partial charge in [-0.25, -0.2) is 0 Å². The van der Waals surface area contributed by atoms with Crippen molar-refractivity contribution >= 4 is 27.7 Å². The molecule has 1 unspecified atom stereocenters. The van der Waals surface area contributed by atoms with Crippen LogP contribution in [0.25, 0.3) is 0 Å². The SMILES string of the molecule is CCNCc1ccc(SCC(O)CO)cc1Br. The van der Waals surface area contributed by atoms with Crippen molar-refractivity contribution in [2.24, 2.45) is 0 Å². The van der Waals surface area contributed by atoms with Gasteiger partial charge in [0, 0.05) is 21.7 Å². The van der Waals surface area contributed by atoms with Crippen LogP contribution in [0, 0.1) is 0 Å². The fourth-order valence-electron chi connectivity index (χ4n) is 1.27. The van der Waals surface area contributed by atoms with Crippen molar-refractivity contribution in [3.63, 3.8) is 0 Å². The number of thioether (sulfide) groups is 1. The van der Waals surface area contributed by atoms with Gasteiger partial charge in [-0.15, -0.1) is 11.8 Å². The van der Waals surface area contributed by atoms with E-state index in [0.717, 1.165) is 22.5 Å². The average molecular weight is 320 g/mol. The summed E-state index contributed by atoms with van der Waals surface area (Å²) in [5, 5.41) is 21.3. The number of aliphatic hydroxyl groups excluding tert-OH is 2. The lowest BCUT2D eigenvalue weighted by Crippen LogP contribution is -2.14. The molecule has 0 spiro atoms. The Labute approximate surface area is 115 Å². The monoisotopic (exact) mass is 319 g/mol. The summed E-state index contributed by atoms with van der Waals surface area (Å²) >= 11 is 5.08. The number of hydrogen-bond donors (Lipinski definition) is 3. The van der Waals surface area contributed by atoms with Gasteiger partial charge in [0.25, 0.3) is 0 Å². The molecule has 5 heteroatoms. The van der Waals surface area contributed by atoms with Gasteiger partial charge in [-0.3, -0.25) is 0 Å². The summed E-state index contributed by atoms with van der Waals surface area (Å²) in [7, 11) is 0. The van der Waals surface area contributed by atoms with Gasteiger partial charge in [0.1, 0.15) is 0 Å². The van der Waals surface area contributed by atoms with E-state index < -0.39 is 6.10 Å². The lowest BCUT2D eigenvalue weighted by atomic mass is 10.2.